The number of benzene rings is 1. The molecular formula is C15H19NO2. The Morgan fingerprint density at radius 1 is 1.17 bits per heavy atom. The van der Waals surface area contributed by atoms with Crippen LogP contribution in [0, 0.1) is 17.8 Å². The topological polar surface area (TPSA) is 40.5 Å². The monoisotopic (exact) mass is 245 g/mol. The molecule has 0 aromatic heterocycles. The number of carboxylic acid groups (broad SMARTS) is 1. The molecule has 2 fully saturated rings. The SMILES string of the molecule is O=C(O)C1CC2CN(Cc3ccccc3)CC2C1. The summed E-state index contributed by atoms with van der Waals surface area (Å²) in [5, 5.41) is 9.06. The standard InChI is InChI=1S/C15H19NO2/c17-15(18)12-6-13-9-16(10-14(13)7-12)8-11-4-2-1-3-5-11/h1-5,12-14H,6-10H2,(H,17,18). The molecule has 1 aliphatic heterocycles. The molecule has 96 valence electrons. The van der Waals surface area contributed by atoms with Crippen molar-refractivity contribution in [1.29, 1.82) is 0 Å². The van der Waals surface area contributed by atoms with Gasteiger partial charge in [0.25, 0.3) is 0 Å². The van der Waals surface area contributed by atoms with Crippen LogP contribution in [-0.4, -0.2) is 29.1 Å². The van der Waals surface area contributed by atoms with E-state index in [1.165, 1.54) is 5.56 Å². The van der Waals surface area contributed by atoms with E-state index in [0.717, 1.165) is 32.5 Å². The molecule has 1 aromatic carbocycles. The lowest BCUT2D eigenvalue weighted by Gasteiger charge is -2.17. The summed E-state index contributed by atoms with van der Waals surface area (Å²) >= 11 is 0. The Morgan fingerprint density at radius 3 is 2.33 bits per heavy atom. The van der Waals surface area contributed by atoms with Crippen molar-refractivity contribution in [1.82, 2.24) is 4.90 Å². The number of fused-ring (bicyclic) bond motifs is 1. The number of carboxylic acids is 1. The van der Waals surface area contributed by atoms with E-state index >= 15 is 0 Å². The fourth-order valence-electron chi connectivity index (χ4n) is 3.57. The highest BCUT2D eigenvalue weighted by atomic mass is 16.4. The first-order valence-corrected chi connectivity index (χ1v) is 6.71. The molecule has 0 radical (unpaired) electrons. The average Bonchev–Trinajstić information content (AvgIpc) is 2.88. The number of carbonyl (C=O) groups is 1. The van der Waals surface area contributed by atoms with Crippen LogP contribution in [0.5, 0.6) is 0 Å². The predicted octanol–water partition coefficient (Wildman–Crippen LogP) is 2.23. The van der Waals surface area contributed by atoms with Crippen LogP contribution in [0.3, 0.4) is 0 Å². The number of hydrogen-bond acceptors (Lipinski definition) is 2. The molecule has 18 heavy (non-hydrogen) atoms. The molecule has 2 unspecified atom stereocenters. The van der Waals surface area contributed by atoms with E-state index in [0.29, 0.717) is 11.8 Å². The van der Waals surface area contributed by atoms with Gasteiger partial charge in [-0.1, -0.05) is 30.3 Å². The highest BCUT2D eigenvalue weighted by Gasteiger charge is 2.43. The molecular weight excluding hydrogens is 226 g/mol. The van der Waals surface area contributed by atoms with Crippen molar-refractivity contribution in [3.05, 3.63) is 35.9 Å². The molecule has 3 rings (SSSR count). The Bertz CT molecular complexity index is 417. The Hall–Kier alpha value is -1.35. The molecule has 3 heteroatoms. The first-order chi connectivity index (χ1) is 8.72. The molecule has 2 aliphatic rings. The minimum absolute atomic E-state index is 0.0844. The summed E-state index contributed by atoms with van der Waals surface area (Å²) in [5.41, 5.74) is 1.35. The maximum atomic E-state index is 11.0. The second-order valence-corrected chi connectivity index (χ2v) is 5.71. The summed E-state index contributed by atoms with van der Waals surface area (Å²) in [6.07, 6.45) is 1.76. The van der Waals surface area contributed by atoms with Gasteiger partial charge in [0, 0.05) is 19.6 Å². The van der Waals surface area contributed by atoms with Crippen molar-refractivity contribution in [2.24, 2.45) is 17.8 Å². The van der Waals surface area contributed by atoms with E-state index in [9.17, 15) is 4.79 Å². The van der Waals surface area contributed by atoms with E-state index in [2.05, 4.69) is 29.2 Å². The largest absolute Gasteiger partial charge is 0.481 e. The molecule has 1 aliphatic carbocycles. The lowest BCUT2D eigenvalue weighted by atomic mass is 10.0. The third-order valence-electron chi connectivity index (χ3n) is 4.42. The molecule has 2 atom stereocenters. The van der Waals surface area contributed by atoms with Gasteiger partial charge in [0.2, 0.25) is 0 Å². The highest BCUT2D eigenvalue weighted by molar-refractivity contribution is 5.70. The van der Waals surface area contributed by atoms with E-state index in [1.807, 2.05) is 6.07 Å². The van der Waals surface area contributed by atoms with E-state index in [4.69, 9.17) is 5.11 Å². The van der Waals surface area contributed by atoms with E-state index < -0.39 is 5.97 Å². The molecule has 1 N–H and O–H groups in total. The highest BCUT2D eigenvalue weighted by Crippen LogP contribution is 2.41. The van der Waals surface area contributed by atoms with Gasteiger partial charge in [0.1, 0.15) is 0 Å². The van der Waals surface area contributed by atoms with E-state index in [1.54, 1.807) is 0 Å². The molecule has 0 spiro atoms. The average molecular weight is 245 g/mol. The van der Waals surface area contributed by atoms with E-state index in [-0.39, 0.29) is 5.92 Å². The van der Waals surface area contributed by atoms with Crippen molar-refractivity contribution in [3.63, 3.8) is 0 Å². The minimum atomic E-state index is -0.598. The molecule has 1 saturated carbocycles. The van der Waals surface area contributed by atoms with Gasteiger partial charge in [-0.05, 0) is 30.2 Å². The quantitative estimate of drug-likeness (QED) is 0.887. The Kier molecular flexibility index (Phi) is 3.08. The van der Waals surface area contributed by atoms with Crippen LogP contribution >= 0.6 is 0 Å². The summed E-state index contributed by atoms with van der Waals surface area (Å²) in [5.74, 6) is 0.530. The molecule has 1 aromatic rings. The number of likely N-dealkylation sites (tertiary alicyclic amines) is 1. The Balaban J connectivity index is 1.57. The van der Waals surface area contributed by atoms with Crippen LogP contribution in [0.15, 0.2) is 30.3 Å². The van der Waals surface area contributed by atoms with Crippen LogP contribution in [0.25, 0.3) is 0 Å². The van der Waals surface area contributed by atoms with Gasteiger partial charge in [-0.2, -0.15) is 0 Å². The maximum absolute atomic E-state index is 11.0. The lowest BCUT2D eigenvalue weighted by Crippen LogP contribution is -2.23. The fraction of sp³-hybridized carbons (Fsp3) is 0.533. The molecule has 0 bridgehead atoms. The lowest BCUT2D eigenvalue weighted by molar-refractivity contribution is -0.141. The van der Waals surface area contributed by atoms with Gasteiger partial charge in [-0.3, -0.25) is 9.69 Å². The first kappa shape index (κ1) is 11.7. The summed E-state index contributed by atoms with van der Waals surface area (Å²) in [6.45, 7) is 3.15. The summed E-state index contributed by atoms with van der Waals surface area (Å²) < 4.78 is 0. The van der Waals surface area contributed by atoms with Crippen LogP contribution in [0.2, 0.25) is 0 Å². The number of aliphatic carboxylic acids is 1. The third-order valence-corrected chi connectivity index (χ3v) is 4.42. The zero-order chi connectivity index (χ0) is 12.5. The molecule has 1 saturated heterocycles. The zero-order valence-corrected chi connectivity index (χ0v) is 10.5. The van der Waals surface area contributed by atoms with Crippen molar-refractivity contribution in [2.75, 3.05) is 13.1 Å². The molecule has 0 amide bonds. The minimum Gasteiger partial charge on any atom is -0.481 e. The van der Waals surface area contributed by atoms with Crippen molar-refractivity contribution >= 4 is 5.97 Å². The third kappa shape index (κ3) is 2.27. The smallest absolute Gasteiger partial charge is 0.306 e. The van der Waals surface area contributed by atoms with Crippen LogP contribution in [0.4, 0.5) is 0 Å². The summed E-state index contributed by atoms with van der Waals surface area (Å²) in [6, 6.07) is 10.5. The van der Waals surface area contributed by atoms with Gasteiger partial charge in [0.05, 0.1) is 5.92 Å². The van der Waals surface area contributed by atoms with Crippen LogP contribution in [-0.2, 0) is 11.3 Å². The Morgan fingerprint density at radius 2 is 1.78 bits per heavy atom. The second-order valence-electron chi connectivity index (χ2n) is 5.71. The van der Waals surface area contributed by atoms with Crippen molar-refractivity contribution in [3.8, 4) is 0 Å². The summed E-state index contributed by atoms with van der Waals surface area (Å²) in [7, 11) is 0. The summed E-state index contributed by atoms with van der Waals surface area (Å²) in [4.78, 5) is 13.5. The second kappa shape index (κ2) is 4.73. The van der Waals surface area contributed by atoms with Crippen molar-refractivity contribution < 1.29 is 9.90 Å². The van der Waals surface area contributed by atoms with Gasteiger partial charge in [0.15, 0.2) is 0 Å². The normalized spacial score (nSPS) is 31.4. The van der Waals surface area contributed by atoms with Crippen LogP contribution in [0.1, 0.15) is 18.4 Å². The molecule has 1 heterocycles. The van der Waals surface area contributed by atoms with Crippen molar-refractivity contribution in [2.45, 2.75) is 19.4 Å². The van der Waals surface area contributed by atoms with Gasteiger partial charge < -0.3 is 5.11 Å². The predicted molar refractivity (Wildman–Crippen MR) is 69.1 cm³/mol. The first-order valence-electron chi connectivity index (χ1n) is 6.71. The van der Waals surface area contributed by atoms with Gasteiger partial charge in [-0.15, -0.1) is 0 Å². The maximum Gasteiger partial charge on any atom is 0.306 e. The number of rotatable bonds is 3. The number of hydrogen-bond donors (Lipinski definition) is 1. The fourth-order valence-corrected chi connectivity index (χ4v) is 3.57. The zero-order valence-electron chi connectivity index (χ0n) is 10.5. The van der Waals surface area contributed by atoms with Gasteiger partial charge >= 0.3 is 5.97 Å². The Labute approximate surface area is 107 Å². The number of nitrogens with zero attached hydrogens (tertiary/aromatic N) is 1. The van der Waals surface area contributed by atoms with Crippen LogP contribution < -0.4 is 0 Å². The van der Waals surface area contributed by atoms with Gasteiger partial charge in [-0.25, -0.2) is 0 Å². The molecule has 3 nitrogen and oxygen atoms in total.